The Labute approximate surface area is 152 Å². The Hall–Kier alpha value is -1.98. The van der Waals surface area contributed by atoms with Gasteiger partial charge in [0.2, 0.25) is 5.67 Å². The van der Waals surface area contributed by atoms with Crippen LogP contribution in [0.1, 0.15) is 24.0 Å². The molecule has 1 N–H and O–H groups in total. The maximum Gasteiger partial charge on any atom is 0.259 e. The van der Waals surface area contributed by atoms with Crippen LogP contribution in [0.4, 0.5) is 4.39 Å². The summed E-state index contributed by atoms with van der Waals surface area (Å²) in [6, 6.07) is 11.2. The van der Waals surface area contributed by atoms with Crippen molar-refractivity contribution in [3.05, 3.63) is 64.9 Å². The van der Waals surface area contributed by atoms with Gasteiger partial charge >= 0.3 is 0 Å². The number of halogens is 2. The van der Waals surface area contributed by atoms with Crippen LogP contribution in [0.15, 0.2) is 48.8 Å². The molecule has 0 aliphatic carbocycles. The predicted molar refractivity (Wildman–Crippen MR) is 95.9 cm³/mol. The number of aromatic nitrogens is 1. The Morgan fingerprint density at radius 1 is 1.28 bits per heavy atom. The standard InChI is InChI=1S/C19H21ClFN3O/c20-17-6-4-15(5-7-17)13-24-10-2-8-19(21,14-24)18(25)23-12-16-3-1-9-22-11-16/h1,3-7,9,11H,2,8,10,12-14H2,(H,23,25). The lowest BCUT2D eigenvalue weighted by atomic mass is 9.93. The van der Waals surface area contributed by atoms with E-state index in [1.165, 1.54) is 0 Å². The Kier molecular flexibility index (Phi) is 5.66. The van der Waals surface area contributed by atoms with Crippen molar-refractivity contribution >= 4 is 17.5 Å². The zero-order valence-corrected chi connectivity index (χ0v) is 14.7. The average molecular weight is 362 g/mol. The van der Waals surface area contributed by atoms with Gasteiger partial charge in [-0.25, -0.2) is 4.39 Å². The first-order chi connectivity index (χ1) is 12.0. The van der Waals surface area contributed by atoms with Crippen molar-refractivity contribution in [2.75, 3.05) is 13.1 Å². The van der Waals surface area contributed by atoms with Crippen molar-refractivity contribution < 1.29 is 9.18 Å². The summed E-state index contributed by atoms with van der Waals surface area (Å²) in [6.45, 7) is 1.78. The first kappa shape index (κ1) is 17.8. The van der Waals surface area contributed by atoms with Crippen LogP contribution in [-0.4, -0.2) is 34.5 Å². The molecule has 132 valence electrons. The molecule has 0 saturated carbocycles. The van der Waals surface area contributed by atoms with Gasteiger partial charge in [0.1, 0.15) is 0 Å². The van der Waals surface area contributed by atoms with E-state index in [4.69, 9.17) is 11.6 Å². The fraction of sp³-hybridized carbons (Fsp3) is 0.368. The minimum absolute atomic E-state index is 0.106. The van der Waals surface area contributed by atoms with E-state index >= 15 is 4.39 Å². The summed E-state index contributed by atoms with van der Waals surface area (Å²) in [4.78, 5) is 18.4. The lowest BCUT2D eigenvalue weighted by Crippen LogP contribution is -2.53. The number of hydrogen-bond acceptors (Lipinski definition) is 3. The van der Waals surface area contributed by atoms with E-state index < -0.39 is 11.6 Å². The van der Waals surface area contributed by atoms with Gasteiger partial charge in [0.15, 0.2) is 0 Å². The fourth-order valence-corrected chi connectivity index (χ4v) is 3.23. The van der Waals surface area contributed by atoms with Crippen LogP contribution in [0.2, 0.25) is 5.02 Å². The van der Waals surface area contributed by atoms with Crippen LogP contribution in [-0.2, 0) is 17.9 Å². The van der Waals surface area contributed by atoms with Crippen molar-refractivity contribution in [3.63, 3.8) is 0 Å². The number of nitrogens with zero attached hydrogens (tertiary/aromatic N) is 2. The van der Waals surface area contributed by atoms with Gasteiger partial charge in [-0.15, -0.1) is 0 Å². The number of benzene rings is 1. The molecule has 1 aliphatic rings. The number of likely N-dealkylation sites (tertiary alicyclic amines) is 1. The number of carbonyl (C=O) groups excluding carboxylic acids is 1. The number of nitrogens with one attached hydrogen (secondary N) is 1. The summed E-state index contributed by atoms with van der Waals surface area (Å²) in [5.74, 6) is -0.544. The molecule has 1 saturated heterocycles. The highest BCUT2D eigenvalue weighted by atomic mass is 35.5. The Bertz CT molecular complexity index is 710. The van der Waals surface area contributed by atoms with Gasteiger partial charge in [-0.05, 0) is 48.7 Å². The second-order valence-corrected chi connectivity index (χ2v) is 6.89. The summed E-state index contributed by atoms with van der Waals surface area (Å²) in [5.41, 5.74) is 0.0603. The van der Waals surface area contributed by atoms with Crippen molar-refractivity contribution in [2.24, 2.45) is 0 Å². The minimum atomic E-state index is -1.85. The first-order valence-electron chi connectivity index (χ1n) is 8.38. The highest BCUT2D eigenvalue weighted by Crippen LogP contribution is 2.27. The second kappa shape index (κ2) is 7.93. The predicted octanol–water partition coefficient (Wildman–Crippen LogP) is 3.36. The third-order valence-electron chi connectivity index (χ3n) is 4.42. The van der Waals surface area contributed by atoms with E-state index in [9.17, 15) is 4.79 Å². The number of piperidine rings is 1. The molecule has 1 amide bonds. The maximum atomic E-state index is 15.2. The highest BCUT2D eigenvalue weighted by molar-refractivity contribution is 6.30. The molecule has 1 unspecified atom stereocenters. The number of rotatable bonds is 5. The van der Waals surface area contributed by atoms with Crippen molar-refractivity contribution in [1.82, 2.24) is 15.2 Å². The SMILES string of the molecule is O=C(NCc1cccnc1)C1(F)CCCN(Cc2ccc(Cl)cc2)C1. The summed E-state index contributed by atoms with van der Waals surface area (Å²) in [6.07, 6.45) is 4.24. The lowest BCUT2D eigenvalue weighted by Gasteiger charge is -2.36. The van der Waals surface area contributed by atoms with E-state index in [1.54, 1.807) is 18.5 Å². The molecule has 1 aromatic heterocycles. The van der Waals surface area contributed by atoms with Crippen LogP contribution in [0.3, 0.4) is 0 Å². The molecule has 0 spiro atoms. The summed E-state index contributed by atoms with van der Waals surface area (Å²) < 4.78 is 15.2. The average Bonchev–Trinajstić information content (AvgIpc) is 2.62. The van der Waals surface area contributed by atoms with Gasteiger partial charge in [0, 0.05) is 37.1 Å². The van der Waals surface area contributed by atoms with Gasteiger partial charge in [-0.3, -0.25) is 14.7 Å². The fourth-order valence-electron chi connectivity index (χ4n) is 3.11. The molecular weight excluding hydrogens is 341 g/mol. The molecule has 0 bridgehead atoms. The molecule has 0 radical (unpaired) electrons. The maximum absolute atomic E-state index is 15.2. The van der Waals surface area contributed by atoms with Crippen molar-refractivity contribution in [1.29, 1.82) is 0 Å². The van der Waals surface area contributed by atoms with Crippen LogP contribution >= 0.6 is 11.6 Å². The monoisotopic (exact) mass is 361 g/mol. The molecule has 3 rings (SSSR count). The molecule has 6 heteroatoms. The van der Waals surface area contributed by atoms with Crippen LogP contribution in [0.25, 0.3) is 0 Å². The Balaban J connectivity index is 1.58. The van der Waals surface area contributed by atoms with Gasteiger partial charge in [-0.2, -0.15) is 0 Å². The van der Waals surface area contributed by atoms with Crippen molar-refractivity contribution in [3.8, 4) is 0 Å². The Morgan fingerprint density at radius 3 is 2.80 bits per heavy atom. The number of hydrogen-bond donors (Lipinski definition) is 1. The quantitative estimate of drug-likeness (QED) is 0.888. The third kappa shape index (κ3) is 4.77. The third-order valence-corrected chi connectivity index (χ3v) is 4.68. The molecule has 2 heterocycles. The Morgan fingerprint density at radius 2 is 2.08 bits per heavy atom. The molecule has 25 heavy (non-hydrogen) atoms. The van der Waals surface area contributed by atoms with E-state index in [-0.39, 0.29) is 19.5 Å². The largest absolute Gasteiger partial charge is 0.349 e. The second-order valence-electron chi connectivity index (χ2n) is 6.45. The summed E-state index contributed by atoms with van der Waals surface area (Å²) in [7, 11) is 0. The molecule has 1 aromatic carbocycles. The first-order valence-corrected chi connectivity index (χ1v) is 8.76. The van der Waals surface area contributed by atoms with Gasteiger partial charge in [-0.1, -0.05) is 29.8 Å². The van der Waals surface area contributed by atoms with Crippen molar-refractivity contribution in [2.45, 2.75) is 31.6 Å². The van der Waals surface area contributed by atoms with Gasteiger partial charge in [0.05, 0.1) is 0 Å². The van der Waals surface area contributed by atoms with Crippen LogP contribution in [0.5, 0.6) is 0 Å². The van der Waals surface area contributed by atoms with E-state index in [0.29, 0.717) is 18.0 Å². The molecule has 1 fully saturated rings. The van der Waals surface area contributed by atoms with E-state index in [1.807, 2.05) is 35.2 Å². The highest BCUT2D eigenvalue weighted by Gasteiger charge is 2.42. The topological polar surface area (TPSA) is 45.2 Å². The van der Waals surface area contributed by atoms with E-state index in [0.717, 1.165) is 17.7 Å². The number of amides is 1. The molecular formula is C19H21ClFN3O. The van der Waals surface area contributed by atoms with Crippen LogP contribution < -0.4 is 5.32 Å². The van der Waals surface area contributed by atoms with E-state index in [2.05, 4.69) is 10.3 Å². The molecule has 1 atom stereocenters. The lowest BCUT2D eigenvalue weighted by molar-refractivity contribution is -0.137. The zero-order valence-electron chi connectivity index (χ0n) is 13.9. The molecule has 2 aromatic rings. The number of carbonyl (C=O) groups is 1. The van der Waals surface area contributed by atoms with Crippen LogP contribution in [0, 0.1) is 0 Å². The summed E-state index contributed by atoms with van der Waals surface area (Å²) >= 11 is 5.90. The smallest absolute Gasteiger partial charge is 0.259 e. The van der Waals surface area contributed by atoms with Gasteiger partial charge < -0.3 is 5.32 Å². The number of pyridine rings is 1. The minimum Gasteiger partial charge on any atom is -0.349 e. The molecule has 4 nitrogen and oxygen atoms in total. The number of alkyl halides is 1. The zero-order chi connectivity index (χ0) is 17.7. The normalized spacial score (nSPS) is 21.0. The molecule has 1 aliphatic heterocycles. The van der Waals surface area contributed by atoms with Gasteiger partial charge in [0.25, 0.3) is 5.91 Å². The summed E-state index contributed by atoms with van der Waals surface area (Å²) in [5, 5.41) is 3.38.